The zero-order valence-electron chi connectivity index (χ0n) is 8.23. The van der Waals surface area contributed by atoms with Crippen LogP contribution in [0.5, 0.6) is 0 Å². The van der Waals surface area contributed by atoms with E-state index in [1.807, 2.05) is 6.07 Å². The van der Waals surface area contributed by atoms with Crippen LogP contribution in [0.15, 0.2) is 24.5 Å². The molecule has 0 saturated carbocycles. The summed E-state index contributed by atoms with van der Waals surface area (Å²) in [5, 5.41) is 13.8. The van der Waals surface area contributed by atoms with E-state index in [1.54, 1.807) is 18.3 Å². The van der Waals surface area contributed by atoms with Crippen LogP contribution >= 0.6 is 0 Å². The van der Waals surface area contributed by atoms with Gasteiger partial charge in [0.15, 0.2) is 0 Å². The van der Waals surface area contributed by atoms with Crippen molar-refractivity contribution in [2.75, 3.05) is 19.6 Å². The lowest BCUT2D eigenvalue weighted by Gasteiger charge is -2.04. The van der Waals surface area contributed by atoms with Crippen LogP contribution in [0.2, 0.25) is 0 Å². The third-order valence-corrected chi connectivity index (χ3v) is 1.72. The Morgan fingerprint density at radius 1 is 1.53 bits per heavy atom. The van der Waals surface area contributed by atoms with Crippen LogP contribution in [0.25, 0.3) is 0 Å². The largest absolute Gasteiger partial charge is 0.351 e. The van der Waals surface area contributed by atoms with Gasteiger partial charge in [-0.2, -0.15) is 5.26 Å². The number of hydrogen-bond acceptors (Lipinski definition) is 4. The number of aromatic nitrogens is 1. The number of carbonyl (C=O) groups is 1. The predicted octanol–water partition coefficient (Wildman–Crippen LogP) is -0.0754. The number of nitrogens with zero attached hydrogens (tertiary/aromatic N) is 2. The van der Waals surface area contributed by atoms with Crippen molar-refractivity contribution >= 4 is 5.91 Å². The summed E-state index contributed by atoms with van der Waals surface area (Å²) in [4.78, 5) is 15.3. The molecule has 0 unspecified atom stereocenters. The molecule has 0 aliphatic heterocycles. The minimum Gasteiger partial charge on any atom is -0.351 e. The van der Waals surface area contributed by atoms with E-state index in [0.29, 0.717) is 25.2 Å². The molecule has 2 N–H and O–H groups in total. The lowest BCUT2D eigenvalue weighted by Crippen LogP contribution is -2.31. The van der Waals surface area contributed by atoms with Gasteiger partial charge in [-0.05, 0) is 12.1 Å². The van der Waals surface area contributed by atoms with Crippen molar-refractivity contribution in [3.63, 3.8) is 0 Å². The van der Waals surface area contributed by atoms with Crippen LogP contribution in [-0.2, 0) is 0 Å². The summed E-state index contributed by atoms with van der Waals surface area (Å²) in [5.41, 5.74) is 0.540. The molecule has 0 saturated heterocycles. The number of nitriles is 1. The Hall–Kier alpha value is -1.93. The summed E-state index contributed by atoms with van der Waals surface area (Å²) in [5.74, 6) is -0.151. The number of amides is 1. The van der Waals surface area contributed by atoms with Crippen molar-refractivity contribution in [1.82, 2.24) is 15.6 Å². The van der Waals surface area contributed by atoms with Crippen molar-refractivity contribution in [2.24, 2.45) is 0 Å². The maximum Gasteiger partial charge on any atom is 0.252 e. The van der Waals surface area contributed by atoms with Crippen LogP contribution in [0.3, 0.4) is 0 Å². The minimum atomic E-state index is -0.151. The molecule has 1 aromatic heterocycles. The molecule has 0 radical (unpaired) electrons. The summed E-state index contributed by atoms with van der Waals surface area (Å²) in [6, 6.07) is 5.36. The Balaban J connectivity index is 2.23. The Morgan fingerprint density at radius 3 is 3.07 bits per heavy atom. The van der Waals surface area contributed by atoms with Gasteiger partial charge in [-0.3, -0.25) is 9.78 Å². The number of nitrogens with one attached hydrogen (secondary N) is 2. The first-order chi connectivity index (χ1) is 7.34. The van der Waals surface area contributed by atoms with Crippen LogP contribution in [0.4, 0.5) is 0 Å². The monoisotopic (exact) mass is 204 g/mol. The van der Waals surface area contributed by atoms with E-state index < -0.39 is 0 Å². The van der Waals surface area contributed by atoms with E-state index in [0.717, 1.165) is 0 Å². The summed E-state index contributed by atoms with van der Waals surface area (Å²) in [6.45, 7) is 1.37. The molecule has 1 amide bonds. The van der Waals surface area contributed by atoms with Crippen molar-refractivity contribution in [3.8, 4) is 6.07 Å². The van der Waals surface area contributed by atoms with Crippen molar-refractivity contribution in [2.45, 2.75) is 0 Å². The van der Waals surface area contributed by atoms with Gasteiger partial charge in [-0.15, -0.1) is 0 Å². The Kier molecular flexibility index (Phi) is 4.84. The fourth-order valence-corrected chi connectivity index (χ4v) is 1.01. The van der Waals surface area contributed by atoms with Gasteiger partial charge in [0.25, 0.3) is 5.91 Å². The van der Waals surface area contributed by atoms with E-state index >= 15 is 0 Å². The minimum absolute atomic E-state index is 0.151. The lowest BCUT2D eigenvalue weighted by atomic mass is 10.3. The van der Waals surface area contributed by atoms with Crippen molar-refractivity contribution in [1.29, 1.82) is 5.26 Å². The number of hydrogen-bond donors (Lipinski definition) is 2. The molecule has 5 heteroatoms. The summed E-state index contributed by atoms with van der Waals surface area (Å²) < 4.78 is 0. The second kappa shape index (κ2) is 6.51. The highest BCUT2D eigenvalue weighted by molar-refractivity contribution is 5.93. The van der Waals surface area contributed by atoms with Gasteiger partial charge in [-0.1, -0.05) is 0 Å². The molecule has 1 rings (SSSR count). The fourth-order valence-electron chi connectivity index (χ4n) is 1.01. The molecule has 0 atom stereocenters. The Labute approximate surface area is 88.1 Å². The summed E-state index contributed by atoms with van der Waals surface area (Å²) in [6.07, 6.45) is 3.13. The Bertz CT molecular complexity index is 344. The molecule has 0 bridgehead atoms. The van der Waals surface area contributed by atoms with Crippen LogP contribution in [0.1, 0.15) is 10.4 Å². The SMILES string of the molecule is N#CCNCCNC(=O)c1cccnc1. The quantitative estimate of drug-likeness (QED) is 0.519. The molecular formula is C10H12N4O. The maximum absolute atomic E-state index is 11.4. The molecule has 1 heterocycles. The number of carbonyl (C=O) groups excluding carboxylic acids is 1. The highest BCUT2D eigenvalue weighted by Gasteiger charge is 2.02. The second-order valence-electron chi connectivity index (χ2n) is 2.83. The first-order valence-electron chi connectivity index (χ1n) is 4.60. The molecule has 0 aliphatic rings. The van der Waals surface area contributed by atoms with Gasteiger partial charge < -0.3 is 10.6 Å². The van der Waals surface area contributed by atoms with Crippen LogP contribution in [0, 0.1) is 11.3 Å². The van der Waals surface area contributed by atoms with Gasteiger partial charge in [0, 0.05) is 25.5 Å². The van der Waals surface area contributed by atoms with Crippen molar-refractivity contribution < 1.29 is 4.79 Å². The number of rotatable bonds is 5. The normalized spacial score (nSPS) is 9.27. The predicted molar refractivity (Wildman–Crippen MR) is 55.1 cm³/mol. The first kappa shape index (κ1) is 11.1. The molecule has 0 aliphatic carbocycles. The average molecular weight is 204 g/mol. The molecular weight excluding hydrogens is 192 g/mol. The van der Waals surface area contributed by atoms with Crippen molar-refractivity contribution in [3.05, 3.63) is 30.1 Å². The van der Waals surface area contributed by atoms with Gasteiger partial charge in [-0.25, -0.2) is 0 Å². The summed E-state index contributed by atoms with van der Waals surface area (Å²) >= 11 is 0. The summed E-state index contributed by atoms with van der Waals surface area (Å²) in [7, 11) is 0. The molecule has 5 nitrogen and oxygen atoms in total. The van der Waals surface area contributed by atoms with Gasteiger partial charge in [0.2, 0.25) is 0 Å². The lowest BCUT2D eigenvalue weighted by molar-refractivity contribution is 0.0953. The molecule has 15 heavy (non-hydrogen) atoms. The van der Waals surface area contributed by atoms with Gasteiger partial charge in [0.05, 0.1) is 18.2 Å². The zero-order chi connectivity index (χ0) is 10.9. The van der Waals surface area contributed by atoms with E-state index in [4.69, 9.17) is 5.26 Å². The van der Waals surface area contributed by atoms with Crippen LogP contribution in [-0.4, -0.2) is 30.5 Å². The Morgan fingerprint density at radius 2 is 2.40 bits per heavy atom. The third kappa shape index (κ3) is 4.20. The van der Waals surface area contributed by atoms with E-state index in [9.17, 15) is 4.79 Å². The number of pyridine rings is 1. The third-order valence-electron chi connectivity index (χ3n) is 1.72. The molecule has 1 aromatic rings. The molecule has 0 spiro atoms. The van der Waals surface area contributed by atoms with Gasteiger partial charge in [0.1, 0.15) is 0 Å². The van der Waals surface area contributed by atoms with Gasteiger partial charge >= 0.3 is 0 Å². The highest BCUT2D eigenvalue weighted by Crippen LogP contribution is 1.93. The van der Waals surface area contributed by atoms with Crippen LogP contribution < -0.4 is 10.6 Å². The maximum atomic E-state index is 11.4. The van der Waals surface area contributed by atoms with E-state index in [-0.39, 0.29) is 5.91 Å². The average Bonchev–Trinajstić information content (AvgIpc) is 2.30. The first-order valence-corrected chi connectivity index (χ1v) is 4.60. The van der Waals surface area contributed by atoms with E-state index in [1.165, 1.54) is 6.20 Å². The zero-order valence-corrected chi connectivity index (χ0v) is 8.23. The molecule has 78 valence electrons. The highest BCUT2D eigenvalue weighted by atomic mass is 16.1. The smallest absolute Gasteiger partial charge is 0.252 e. The molecule has 0 aromatic carbocycles. The topological polar surface area (TPSA) is 77.8 Å². The standard InChI is InChI=1S/C10H12N4O/c11-3-5-12-6-7-14-10(15)9-2-1-4-13-8-9/h1-2,4,8,12H,5-7H2,(H,14,15). The van der Waals surface area contributed by atoms with E-state index in [2.05, 4.69) is 15.6 Å². The molecule has 0 fully saturated rings. The second-order valence-corrected chi connectivity index (χ2v) is 2.83. The fraction of sp³-hybridized carbons (Fsp3) is 0.300.